The number of carboxylic acid groups (broad SMARTS) is 1. The van der Waals surface area contributed by atoms with Crippen LogP contribution in [-0.4, -0.2) is 70.5 Å². The van der Waals surface area contributed by atoms with E-state index in [2.05, 4.69) is 26.8 Å². The fraction of sp³-hybridized carbons (Fsp3) is 0.462. The van der Waals surface area contributed by atoms with Gasteiger partial charge in [-0.3, -0.25) is 0 Å². The number of aliphatic carboxylic acids is 1. The van der Waals surface area contributed by atoms with Gasteiger partial charge in [0.1, 0.15) is 23.7 Å². The van der Waals surface area contributed by atoms with E-state index in [-0.39, 0.29) is 30.9 Å². The number of hydrogen-bond acceptors (Lipinski definition) is 9. The molecule has 0 amide bonds. The summed E-state index contributed by atoms with van der Waals surface area (Å²) in [6.07, 6.45) is -0.0700. The molecule has 3 aromatic rings. The number of alkyl halides is 2. The smallest absolute Gasteiger partial charge is 0.326 e. The number of hydrogen-bond donors (Lipinski definition) is 1. The van der Waals surface area contributed by atoms with E-state index < -0.39 is 30.4 Å². The molecule has 0 aliphatic carbocycles. The molecule has 1 unspecified atom stereocenters. The van der Waals surface area contributed by atoms with Crippen molar-refractivity contribution in [3.05, 3.63) is 46.7 Å². The Labute approximate surface area is 233 Å². The van der Waals surface area contributed by atoms with Crippen molar-refractivity contribution < 1.29 is 28.2 Å². The van der Waals surface area contributed by atoms with Crippen LogP contribution in [0, 0.1) is 0 Å². The number of piperidine rings is 1. The van der Waals surface area contributed by atoms with E-state index in [1.807, 2.05) is 5.38 Å². The zero-order valence-electron chi connectivity index (χ0n) is 21.3. The number of methoxy groups -OCH3 is 1. The first-order chi connectivity index (χ1) is 18.7. The molecule has 2 aliphatic heterocycles. The average Bonchev–Trinajstić information content (AvgIpc) is 3.60. The zero-order valence-corrected chi connectivity index (χ0v) is 22.9. The number of pyridine rings is 1. The summed E-state index contributed by atoms with van der Waals surface area (Å²) < 4.78 is 39.2. The van der Waals surface area contributed by atoms with Crippen LogP contribution < -0.4 is 14.5 Å². The Morgan fingerprint density at radius 2 is 2.05 bits per heavy atom. The predicted molar refractivity (Wildman–Crippen MR) is 144 cm³/mol. The van der Waals surface area contributed by atoms with E-state index in [9.17, 15) is 18.7 Å². The van der Waals surface area contributed by atoms with E-state index in [0.29, 0.717) is 21.5 Å². The van der Waals surface area contributed by atoms with Crippen molar-refractivity contribution in [2.24, 2.45) is 0 Å². The molecule has 2 saturated heterocycles. The number of halogens is 3. The summed E-state index contributed by atoms with van der Waals surface area (Å²) >= 11 is 7.64. The van der Waals surface area contributed by atoms with Crippen LogP contribution in [-0.2, 0) is 9.53 Å². The van der Waals surface area contributed by atoms with Crippen molar-refractivity contribution in [1.82, 2.24) is 15.0 Å². The highest BCUT2D eigenvalue weighted by Crippen LogP contribution is 2.37. The highest BCUT2D eigenvalue weighted by molar-refractivity contribution is 7.13. The van der Waals surface area contributed by atoms with Crippen LogP contribution in [0.4, 0.5) is 20.3 Å². The van der Waals surface area contributed by atoms with E-state index in [0.717, 1.165) is 25.1 Å². The molecule has 39 heavy (non-hydrogen) atoms. The summed E-state index contributed by atoms with van der Waals surface area (Å²) in [6.45, 7) is 2.93. The fourth-order valence-electron chi connectivity index (χ4n) is 5.19. The maximum absolute atomic E-state index is 13.7. The first-order valence-electron chi connectivity index (χ1n) is 12.6. The summed E-state index contributed by atoms with van der Waals surface area (Å²) in [4.78, 5) is 29.0. The minimum absolute atomic E-state index is 0.113. The van der Waals surface area contributed by atoms with Gasteiger partial charge in [-0.25, -0.2) is 28.5 Å². The molecule has 0 spiro atoms. The largest absolute Gasteiger partial charge is 0.480 e. The SMILES string of the molecule is COC1CCN(c2cc(Cl)cnc2O[C@H]2C[C@@H](C(=O)O)N(c3cc(-c4cccs4)nc(C(F)F)n3)C2)[C@@H](C)C1. The molecule has 13 heteroatoms. The lowest BCUT2D eigenvalue weighted by molar-refractivity contribution is -0.138. The van der Waals surface area contributed by atoms with Gasteiger partial charge in [-0.2, -0.15) is 0 Å². The molecule has 3 aromatic heterocycles. The second-order valence-electron chi connectivity index (χ2n) is 9.63. The minimum atomic E-state index is -2.91. The van der Waals surface area contributed by atoms with Gasteiger partial charge in [-0.05, 0) is 37.3 Å². The molecule has 0 aromatic carbocycles. The number of nitrogens with zero attached hydrogens (tertiary/aromatic N) is 5. The van der Waals surface area contributed by atoms with E-state index >= 15 is 0 Å². The van der Waals surface area contributed by atoms with Crippen molar-refractivity contribution >= 4 is 40.4 Å². The molecule has 1 N–H and O–H groups in total. The number of rotatable bonds is 8. The second kappa shape index (κ2) is 11.6. The van der Waals surface area contributed by atoms with Gasteiger partial charge in [0.15, 0.2) is 5.82 Å². The fourth-order valence-corrected chi connectivity index (χ4v) is 6.03. The Morgan fingerprint density at radius 3 is 2.72 bits per heavy atom. The van der Waals surface area contributed by atoms with Crippen LogP contribution >= 0.6 is 22.9 Å². The van der Waals surface area contributed by atoms with Crippen molar-refractivity contribution in [3.63, 3.8) is 0 Å². The van der Waals surface area contributed by atoms with Gasteiger partial charge in [0, 0.05) is 38.4 Å². The summed E-state index contributed by atoms with van der Waals surface area (Å²) in [5.74, 6) is -1.30. The summed E-state index contributed by atoms with van der Waals surface area (Å²) in [7, 11) is 1.71. The van der Waals surface area contributed by atoms with Crippen molar-refractivity contribution in [2.45, 2.75) is 56.9 Å². The summed E-state index contributed by atoms with van der Waals surface area (Å²) in [5, 5.41) is 12.3. The second-order valence-corrected chi connectivity index (χ2v) is 11.0. The quantitative estimate of drug-likeness (QED) is 0.381. The molecule has 5 heterocycles. The molecule has 5 rings (SSSR count). The highest BCUT2D eigenvalue weighted by atomic mass is 35.5. The highest BCUT2D eigenvalue weighted by Gasteiger charge is 2.40. The first kappa shape index (κ1) is 27.5. The molecule has 4 atom stereocenters. The number of carboxylic acids is 1. The maximum Gasteiger partial charge on any atom is 0.326 e. The number of ether oxygens (including phenoxy) is 2. The predicted octanol–water partition coefficient (Wildman–Crippen LogP) is 5.31. The first-order valence-corrected chi connectivity index (χ1v) is 13.8. The van der Waals surface area contributed by atoms with Gasteiger partial charge in [-0.1, -0.05) is 17.7 Å². The Balaban J connectivity index is 1.43. The number of carbonyl (C=O) groups is 1. The van der Waals surface area contributed by atoms with E-state index in [1.165, 1.54) is 22.4 Å². The molecule has 9 nitrogen and oxygen atoms in total. The number of thiophene rings is 1. The van der Waals surface area contributed by atoms with Crippen LogP contribution in [0.3, 0.4) is 0 Å². The zero-order chi connectivity index (χ0) is 27.7. The van der Waals surface area contributed by atoms with Gasteiger partial charge in [0.2, 0.25) is 5.88 Å². The lowest BCUT2D eigenvalue weighted by Gasteiger charge is -2.39. The molecular formula is C26H28ClF2N5O4S. The van der Waals surface area contributed by atoms with Crippen LogP contribution in [0.5, 0.6) is 5.88 Å². The molecule has 0 saturated carbocycles. The summed E-state index contributed by atoms with van der Waals surface area (Å²) in [6, 6.07) is 6.01. The van der Waals surface area contributed by atoms with E-state index in [4.69, 9.17) is 21.1 Å². The van der Waals surface area contributed by atoms with Crippen molar-refractivity contribution in [3.8, 4) is 16.5 Å². The molecular weight excluding hydrogens is 552 g/mol. The molecule has 2 fully saturated rings. The van der Waals surface area contributed by atoms with Crippen LogP contribution in [0.1, 0.15) is 38.4 Å². The Morgan fingerprint density at radius 1 is 1.23 bits per heavy atom. The molecule has 2 aliphatic rings. The Kier molecular flexibility index (Phi) is 8.15. The third-order valence-electron chi connectivity index (χ3n) is 7.09. The van der Waals surface area contributed by atoms with Crippen molar-refractivity contribution in [2.75, 3.05) is 30.0 Å². The van der Waals surface area contributed by atoms with Gasteiger partial charge in [0.05, 0.1) is 28.2 Å². The van der Waals surface area contributed by atoms with Gasteiger partial charge < -0.3 is 24.4 Å². The third kappa shape index (κ3) is 5.92. The molecule has 208 valence electrons. The average molecular weight is 580 g/mol. The van der Waals surface area contributed by atoms with Crippen molar-refractivity contribution in [1.29, 1.82) is 0 Å². The van der Waals surface area contributed by atoms with E-state index in [1.54, 1.807) is 31.4 Å². The Bertz CT molecular complexity index is 1320. The molecule has 0 bridgehead atoms. The van der Waals surface area contributed by atoms with Gasteiger partial charge >= 0.3 is 5.97 Å². The lowest BCUT2D eigenvalue weighted by atomic mass is 10.00. The minimum Gasteiger partial charge on any atom is -0.480 e. The lowest BCUT2D eigenvalue weighted by Crippen LogP contribution is -2.43. The van der Waals surface area contributed by atoms with Crippen LogP contribution in [0.15, 0.2) is 35.8 Å². The monoisotopic (exact) mass is 579 g/mol. The normalized spacial score (nSPS) is 23.4. The maximum atomic E-state index is 13.7. The summed E-state index contributed by atoms with van der Waals surface area (Å²) in [5.41, 5.74) is 1.03. The number of aromatic nitrogens is 3. The Hall–Kier alpha value is -3.09. The van der Waals surface area contributed by atoms with Crippen LogP contribution in [0.2, 0.25) is 5.02 Å². The topological polar surface area (TPSA) is 101 Å². The van der Waals surface area contributed by atoms with Gasteiger partial charge in [-0.15, -0.1) is 11.3 Å². The van der Waals surface area contributed by atoms with Crippen LogP contribution in [0.25, 0.3) is 10.6 Å². The third-order valence-corrected chi connectivity index (χ3v) is 8.19. The standard InChI is InChI=1S/C26H28ClF2N5O4S/c1-14-8-16(37-2)5-6-33(14)19-9-15(27)12-30-25(19)38-17-10-20(26(35)36)34(13-17)22-11-18(21-4-3-7-39-21)31-24(32-22)23(28)29/h3-4,7,9,11-12,14,16-17,20,23H,5-6,8,10,13H2,1-2H3,(H,35,36)/t14-,16?,17-,20-/m0/s1. The molecule has 0 radical (unpaired) electrons. The van der Waals surface area contributed by atoms with Gasteiger partial charge in [0.25, 0.3) is 6.43 Å². The number of anilines is 2.